The molecule has 3 unspecified atom stereocenters. The molecule has 2 heterocycles. The second-order valence-corrected chi connectivity index (χ2v) is 4.71. The van der Waals surface area contributed by atoms with Crippen LogP contribution in [0.2, 0.25) is 0 Å². The van der Waals surface area contributed by atoms with Gasteiger partial charge in [-0.2, -0.15) is 0 Å². The third-order valence-corrected chi connectivity index (χ3v) is 3.07. The molecule has 2 fully saturated rings. The summed E-state index contributed by atoms with van der Waals surface area (Å²) in [4.78, 5) is 14.0. The number of ether oxygens (including phenoxy) is 1. The van der Waals surface area contributed by atoms with Crippen molar-refractivity contribution in [3.05, 3.63) is 0 Å². The number of carbonyl (C=O) groups excluding carboxylic acids is 1. The Kier molecular flexibility index (Phi) is 3.26. The first-order valence-corrected chi connectivity index (χ1v) is 5.83. The Morgan fingerprint density at radius 2 is 2.00 bits per heavy atom. The number of nitrogens with zero attached hydrogens (tertiary/aromatic N) is 1. The van der Waals surface area contributed by atoms with Gasteiger partial charge in [-0.1, -0.05) is 0 Å². The van der Waals surface area contributed by atoms with Gasteiger partial charge in [-0.05, 0) is 26.7 Å². The zero-order chi connectivity index (χ0) is 10.8. The minimum atomic E-state index is -0.164. The highest BCUT2D eigenvalue weighted by molar-refractivity contribution is 5.81. The molecule has 2 saturated heterocycles. The maximum Gasteiger partial charge on any atom is 0.251 e. The summed E-state index contributed by atoms with van der Waals surface area (Å²) in [5.74, 6) is 0.188. The van der Waals surface area contributed by atoms with Crippen LogP contribution < -0.4 is 5.32 Å². The number of hydrogen-bond donors (Lipinski definition) is 1. The highest BCUT2D eigenvalue weighted by atomic mass is 16.5. The van der Waals surface area contributed by atoms with Gasteiger partial charge in [0.1, 0.15) is 6.10 Å². The van der Waals surface area contributed by atoms with Crippen LogP contribution in [-0.2, 0) is 9.53 Å². The lowest BCUT2D eigenvalue weighted by atomic mass is 10.1. The van der Waals surface area contributed by atoms with Gasteiger partial charge >= 0.3 is 0 Å². The lowest BCUT2D eigenvalue weighted by Gasteiger charge is -2.37. The molecule has 0 aromatic rings. The van der Waals surface area contributed by atoms with E-state index in [4.69, 9.17) is 4.74 Å². The van der Waals surface area contributed by atoms with Gasteiger partial charge in [0, 0.05) is 31.8 Å². The third kappa shape index (κ3) is 2.49. The van der Waals surface area contributed by atoms with Crippen LogP contribution in [0.25, 0.3) is 0 Å². The van der Waals surface area contributed by atoms with Crippen molar-refractivity contribution in [3.63, 3.8) is 0 Å². The molecule has 0 spiro atoms. The van der Waals surface area contributed by atoms with Crippen molar-refractivity contribution in [3.8, 4) is 0 Å². The van der Waals surface area contributed by atoms with Crippen LogP contribution in [0.3, 0.4) is 0 Å². The van der Waals surface area contributed by atoms with Crippen LogP contribution in [0.15, 0.2) is 0 Å². The van der Waals surface area contributed by atoms with Gasteiger partial charge in [-0.15, -0.1) is 0 Å². The van der Waals surface area contributed by atoms with E-state index in [0.29, 0.717) is 12.1 Å². The predicted molar refractivity (Wildman–Crippen MR) is 57.6 cm³/mol. The molecule has 0 aromatic heterocycles. The van der Waals surface area contributed by atoms with Gasteiger partial charge in [0.05, 0.1) is 0 Å². The van der Waals surface area contributed by atoms with Crippen molar-refractivity contribution in [2.45, 2.75) is 44.9 Å². The molecule has 2 rings (SSSR count). The highest BCUT2D eigenvalue weighted by Gasteiger charge is 2.31. The van der Waals surface area contributed by atoms with Crippen LogP contribution in [0.4, 0.5) is 0 Å². The summed E-state index contributed by atoms with van der Waals surface area (Å²) in [7, 11) is 0. The van der Waals surface area contributed by atoms with Crippen LogP contribution in [-0.4, -0.2) is 48.7 Å². The summed E-state index contributed by atoms with van der Waals surface area (Å²) in [6.07, 6.45) is 1.75. The fraction of sp³-hybridized carbons (Fsp3) is 0.909. The van der Waals surface area contributed by atoms with E-state index in [9.17, 15) is 4.79 Å². The van der Waals surface area contributed by atoms with Crippen molar-refractivity contribution >= 4 is 5.91 Å². The van der Waals surface area contributed by atoms with E-state index in [1.807, 2.05) is 4.90 Å². The first-order chi connectivity index (χ1) is 7.16. The molecule has 0 saturated carbocycles. The molecule has 4 heteroatoms. The molecule has 0 bridgehead atoms. The number of carbonyl (C=O) groups is 1. The molecule has 15 heavy (non-hydrogen) atoms. The molecule has 2 aliphatic heterocycles. The first kappa shape index (κ1) is 10.9. The summed E-state index contributed by atoms with van der Waals surface area (Å²) < 4.78 is 5.43. The minimum absolute atomic E-state index is 0.164. The van der Waals surface area contributed by atoms with Crippen LogP contribution >= 0.6 is 0 Å². The van der Waals surface area contributed by atoms with E-state index < -0.39 is 0 Å². The molecular weight excluding hydrogens is 192 g/mol. The van der Waals surface area contributed by atoms with Gasteiger partial charge in [0.15, 0.2) is 0 Å². The molecule has 1 N–H and O–H groups in total. The van der Waals surface area contributed by atoms with Gasteiger partial charge < -0.3 is 15.0 Å². The minimum Gasteiger partial charge on any atom is -0.368 e. The number of hydrogen-bond acceptors (Lipinski definition) is 3. The fourth-order valence-electron chi connectivity index (χ4n) is 2.48. The predicted octanol–water partition coefficient (Wildman–Crippen LogP) is 0.374. The SMILES string of the molecule is CC1CN(C(=O)C2CCCO2)CC(C)N1. The second kappa shape index (κ2) is 4.49. The Morgan fingerprint density at radius 3 is 2.53 bits per heavy atom. The van der Waals surface area contributed by atoms with E-state index in [2.05, 4.69) is 19.2 Å². The zero-order valence-corrected chi connectivity index (χ0v) is 9.53. The molecule has 3 atom stereocenters. The maximum absolute atomic E-state index is 12.1. The van der Waals surface area contributed by atoms with Crippen molar-refractivity contribution in [2.75, 3.05) is 19.7 Å². The molecule has 0 radical (unpaired) electrons. The largest absolute Gasteiger partial charge is 0.368 e. The van der Waals surface area contributed by atoms with Crippen molar-refractivity contribution in [1.29, 1.82) is 0 Å². The Labute approximate surface area is 91.0 Å². The Morgan fingerprint density at radius 1 is 1.33 bits per heavy atom. The molecule has 0 aromatic carbocycles. The topological polar surface area (TPSA) is 41.6 Å². The van der Waals surface area contributed by atoms with Crippen molar-refractivity contribution in [1.82, 2.24) is 10.2 Å². The highest BCUT2D eigenvalue weighted by Crippen LogP contribution is 2.16. The Balaban J connectivity index is 1.93. The van der Waals surface area contributed by atoms with Crippen molar-refractivity contribution < 1.29 is 9.53 Å². The number of piperazine rings is 1. The second-order valence-electron chi connectivity index (χ2n) is 4.71. The summed E-state index contributed by atoms with van der Waals surface area (Å²) in [6.45, 7) is 6.59. The molecule has 0 aliphatic carbocycles. The maximum atomic E-state index is 12.1. The monoisotopic (exact) mass is 212 g/mol. The standard InChI is InChI=1S/C11H20N2O2/c1-8-6-13(7-9(2)12-8)11(14)10-4-3-5-15-10/h8-10,12H,3-7H2,1-2H3. The molecule has 86 valence electrons. The Hall–Kier alpha value is -0.610. The van der Waals surface area contributed by atoms with E-state index in [0.717, 1.165) is 32.5 Å². The molecule has 4 nitrogen and oxygen atoms in total. The zero-order valence-electron chi connectivity index (χ0n) is 9.53. The van der Waals surface area contributed by atoms with E-state index in [1.54, 1.807) is 0 Å². The van der Waals surface area contributed by atoms with Gasteiger partial charge in [-0.25, -0.2) is 0 Å². The fourth-order valence-corrected chi connectivity index (χ4v) is 2.48. The molecular formula is C11H20N2O2. The van der Waals surface area contributed by atoms with Gasteiger partial charge in [0.25, 0.3) is 5.91 Å². The Bertz CT molecular complexity index is 229. The van der Waals surface area contributed by atoms with Crippen LogP contribution in [0.1, 0.15) is 26.7 Å². The average Bonchev–Trinajstić information content (AvgIpc) is 2.67. The lowest BCUT2D eigenvalue weighted by molar-refractivity contribution is -0.142. The first-order valence-electron chi connectivity index (χ1n) is 5.83. The third-order valence-electron chi connectivity index (χ3n) is 3.07. The quantitative estimate of drug-likeness (QED) is 0.683. The molecule has 2 aliphatic rings. The normalized spacial score (nSPS) is 36.9. The number of rotatable bonds is 1. The van der Waals surface area contributed by atoms with Crippen LogP contribution in [0.5, 0.6) is 0 Å². The lowest BCUT2D eigenvalue weighted by Crippen LogP contribution is -2.57. The van der Waals surface area contributed by atoms with Gasteiger partial charge in [-0.3, -0.25) is 4.79 Å². The average molecular weight is 212 g/mol. The van der Waals surface area contributed by atoms with E-state index in [1.165, 1.54) is 0 Å². The number of nitrogens with one attached hydrogen (secondary N) is 1. The number of amides is 1. The van der Waals surface area contributed by atoms with E-state index >= 15 is 0 Å². The summed E-state index contributed by atoms with van der Waals surface area (Å²) in [6, 6.07) is 0.776. The van der Waals surface area contributed by atoms with Crippen LogP contribution in [0, 0.1) is 0 Å². The van der Waals surface area contributed by atoms with E-state index in [-0.39, 0.29) is 12.0 Å². The smallest absolute Gasteiger partial charge is 0.251 e. The van der Waals surface area contributed by atoms with Gasteiger partial charge in [0.2, 0.25) is 0 Å². The summed E-state index contributed by atoms with van der Waals surface area (Å²) >= 11 is 0. The molecule has 1 amide bonds. The summed E-state index contributed by atoms with van der Waals surface area (Å²) in [5.41, 5.74) is 0. The van der Waals surface area contributed by atoms with Crippen molar-refractivity contribution in [2.24, 2.45) is 0 Å². The summed E-state index contributed by atoms with van der Waals surface area (Å²) in [5, 5.41) is 3.42.